The van der Waals surface area contributed by atoms with Crippen molar-refractivity contribution in [2.45, 2.75) is 0 Å². The normalized spacial score (nSPS) is 10.2. The molecule has 5 heteroatoms. The van der Waals surface area contributed by atoms with E-state index in [0.717, 1.165) is 9.26 Å². The fraction of sp³-hybridized carbons (Fsp3) is 0.0833. The molecule has 0 aliphatic carbocycles. The molecular weight excluding hydrogens is 329 g/mol. The number of nitrogens with zero attached hydrogens (tertiary/aromatic N) is 1. The Morgan fingerprint density at radius 3 is 2.71 bits per heavy atom. The molecule has 2 rings (SSSR count). The van der Waals surface area contributed by atoms with Crippen LogP contribution in [-0.4, -0.2) is 10.5 Å². The third kappa shape index (κ3) is 2.60. The molecule has 0 radical (unpaired) electrons. The number of nitrogen functional groups attached to an aromatic ring is 1. The number of amides is 1. The quantitative estimate of drug-likeness (QED) is 0.825. The molecule has 1 aromatic heterocycles. The molecule has 0 aliphatic heterocycles. The van der Waals surface area contributed by atoms with Gasteiger partial charge < -0.3 is 15.6 Å². The van der Waals surface area contributed by atoms with E-state index in [1.54, 1.807) is 23.9 Å². The van der Waals surface area contributed by atoms with Gasteiger partial charge in [0.2, 0.25) is 0 Å². The van der Waals surface area contributed by atoms with Crippen LogP contribution in [0.2, 0.25) is 0 Å². The van der Waals surface area contributed by atoms with E-state index in [1.165, 1.54) is 0 Å². The first-order chi connectivity index (χ1) is 8.08. The molecule has 0 atom stereocenters. The van der Waals surface area contributed by atoms with Crippen molar-refractivity contribution in [3.63, 3.8) is 0 Å². The average molecular weight is 341 g/mol. The van der Waals surface area contributed by atoms with Crippen molar-refractivity contribution in [1.29, 1.82) is 0 Å². The predicted octanol–water partition coefficient (Wildman–Crippen LogP) is 2.46. The summed E-state index contributed by atoms with van der Waals surface area (Å²) in [5.41, 5.74) is 7.57. The Bertz CT molecular complexity index is 563. The van der Waals surface area contributed by atoms with Gasteiger partial charge in [0.15, 0.2) is 0 Å². The summed E-state index contributed by atoms with van der Waals surface area (Å²) in [7, 11) is 1.79. The number of nitrogens with one attached hydrogen (secondary N) is 1. The zero-order valence-corrected chi connectivity index (χ0v) is 11.4. The molecule has 0 fully saturated rings. The zero-order valence-electron chi connectivity index (χ0n) is 9.27. The van der Waals surface area contributed by atoms with Crippen LogP contribution < -0.4 is 11.1 Å². The summed E-state index contributed by atoms with van der Waals surface area (Å²) in [6, 6.07) is 9.28. The zero-order chi connectivity index (χ0) is 12.4. The fourth-order valence-corrected chi connectivity index (χ4v) is 2.09. The summed E-state index contributed by atoms with van der Waals surface area (Å²) in [6.07, 6.45) is 1.71. The second-order valence-corrected chi connectivity index (χ2v) is 4.87. The van der Waals surface area contributed by atoms with Crippen molar-refractivity contribution in [1.82, 2.24) is 4.57 Å². The lowest BCUT2D eigenvalue weighted by Crippen LogP contribution is -2.15. The second kappa shape index (κ2) is 4.79. The monoisotopic (exact) mass is 341 g/mol. The predicted molar refractivity (Wildman–Crippen MR) is 76.9 cm³/mol. The van der Waals surface area contributed by atoms with Gasteiger partial charge in [0.1, 0.15) is 5.69 Å². The number of para-hydroxylation sites is 1. The number of carbonyl (C=O) groups excluding carboxylic acids is 1. The first kappa shape index (κ1) is 12.0. The van der Waals surface area contributed by atoms with Gasteiger partial charge >= 0.3 is 0 Å². The van der Waals surface area contributed by atoms with Crippen LogP contribution in [0.1, 0.15) is 10.5 Å². The summed E-state index contributed by atoms with van der Waals surface area (Å²) < 4.78 is 2.71. The number of aryl methyl sites for hydroxylation is 1. The van der Waals surface area contributed by atoms with Gasteiger partial charge in [-0.2, -0.15) is 0 Å². The molecule has 1 heterocycles. The summed E-state index contributed by atoms with van der Waals surface area (Å²) >= 11 is 2.18. The van der Waals surface area contributed by atoms with Gasteiger partial charge in [0.05, 0.1) is 11.4 Å². The molecule has 0 saturated carbocycles. The van der Waals surface area contributed by atoms with E-state index < -0.39 is 0 Å². The standard InChI is InChI=1S/C12H12IN3O/c1-16-7-8(14)6-11(16)12(17)15-10-5-3-2-4-9(10)13/h2-7H,14H2,1H3,(H,15,17). The molecular formula is C12H12IN3O. The third-order valence-corrected chi connectivity index (χ3v) is 3.32. The van der Waals surface area contributed by atoms with E-state index in [-0.39, 0.29) is 5.91 Å². The number of benzene rings is 1. The number of hydrogen-bond donors (Lipinski definition) is 2. The largest absolute Gasteiger partial charge is 0.397 e. The number of nitrogens with two attached hydrogens (primary N) is 1. The maximum absolute atomic E-state index is 12.0. The molecule has 0 bridgehead atoms. The number of rotatable bonds is 2. The lowest BCUT2D eigenvalue weighted by molar-refractivity contribution is 0.101. The Morgan fingerprint density at radius 1 is 1.41 bits per heavy atom. The van der Waals surface area contributed by atoms with E-state index in [9.17, 15) is 4.79 Å². The summed E-state index contributed by atoms with van der Waals surface area (Å²) in [5.74, 6) is -0.159. The van der Waals surface area contributed by atoms with E-state index in [4.69, 9.17) is 5.73 Å². The van der Waals surface area contributed by atoms with Crippen LogP contribution in [0.5, 0.6) is 0 Å². The molecule has 2 aromatic rings. The Hall–Kier alpha value is -1.50. The van der Waals surface area contributed by atoms with Crippen LogP contribution in [0.15, 0.2) is 36.5 Å². The van der Waals surface area contributed by atoms with Gasteiger partial charge in [0.25, 0.3) is 5.91 Å². The van der Waals surface area contributed by atoms with Crippen LogP contribution >= 0.6 is 22.6 Å². The Labute approximate surface area is 113 Å². The van der Waals surface area contributed by atoms with Crippen LogP contribution in [0.4, 0.5) is 11.4 Å². The van der Waals surface area contributed by atoms with Crippen LogP contribution in [0.25, 0.3) is 0 Å². The first-order valence-electron chi connectivity index (χ1n) is 5.05. The fourth-order valence-electron chi connectivity index (χ4n) is 1.56. The minimum absolute atomic E-state index is 0.159. The van der Waals surface area contributed by atoms with Gasteiger partial charge in [0, 0.05) is 16.8 Å². The van der Waals surface area contributed by atoms with Crippen LogP contribution in [0, 0.1) is 3.57 Å². The van der Waals surface area contributed by atoms with Gasteiger partial charge in [-0.3, -0.25) is 4.79 Å². The average Bonchev–Trinajstić information content (AvgIpc) is 2.61. The smallest absolute Gasteiger partial charge is 0.272 e. The Kier molecular flexibility index (Phi) is 3.37. The lowest BCUT2D eigenvalue weighted by Gasteiger charge is -2.07. The minimum atomic E-state index is -0.159. The van der Waals surface area contributed by atoms with Crippen molar-refractivity contribution in [3.8, 4) is 0 Å². The molecule has 17 heavy (non-hydrogen) atoms. The Morgan fingerprint density at radius 2 is 2.12 bits per heavy atom. The minimum Gasteiger partial charge on any atom is -0.397 e. The van der Waals surface area contributed by atoms with E-state index in [2.05, 4.69) is 27.9 Å². The number of carbonyl (C=O) groups is 1. The van der Waals surface area contributed by atoms with E-state index in [1.807, 2.05) is 24.3 Å². The molecule has 0 aliphatic rings. The molecule has 1 aromatic carbocycles. The number of anilines is 2. The number of halogens is 1. The molecule has 88 valence electrons. The van der Waals surface area contributed by atoms with E-state index >= 15 is 0 Å². The molecule has 3 N–H and O–H groups in total. The molecule has 4 nitrogen and oxygen atoms in total. The highest BCUT2D eigenvalue weighted by molar-refractivity contribution is 14.1. The molecule has 0 saturated heterocycles. The van der Waals surface area contributed by atoms with Crippen molar-refractivity contribution < 1.29 is 4.79 Å². The Balaban J connectivity index is 2.23. The maximum Gasteiger partial charge on any atom is 0.272 e. The van der Waals surface area contributed by atoms with Gasteiger partial charge in [-0.1, -0.05) is 12.1 Å². The number of aromatic nitrogens is 1. The summed E-state index contributed by atoms with van der Waals surface area (Å²) in [4.78, 5) is 12.0. The molecule has 1 amide bonds. The highest BCUT2D eigenvalue weighted by atomic mass is 127. The number of hydrogen-bond acceptors (Lipinski definition) is 2. The van der Waals surface area contributed by atoms with Crippen molar-refractivity contribution in [3.05, 3.63) is 45.8 Å². The molecule has 0 unspecified atom stereocenters. The summed E-state index contributed by atoms with van der Waals surface area (Å²) in [5, 5.41) is 2.86. The lowest BCUT2D eigenvalue weighted by atomic mass is 10.3. The highest BCUT2D eigenvalue weighted by Gasteiger charge is 2.11. The van der Waals surface area contributed by atoms with Gasteiger partial charge in [-0.05, 0) is 40.8 Å². The van der Waals surface area contributed by atoms with Crippen molar-refractivity contribution >= 4 is 39.9 Å². The van der Waals surface area contributed by atoms with Crippen LogP contribution in [0.3, 0.4) is 0 Å². The van der Waals surface area contributed by atoms with Crippen LogP contribution in [-0.2, 0) is 7.05 Å². The third-order valence-electron chi connectivity index (χ3n) is 2.38. The topological polar surface area (TPSA) is 60.0 Å². The van der Waals surface area contributed by atoms with E-state index in [0.29, 0.717) is 11.4 Å². The highest BCUT2D eigenvalue weighted by Crippen LogP contribution is 2.18. The van der Waals surface area contributed by atoms with Crippen molar-refractivity contribution in [2.75, 3.05) is 11.1 Å². The second-order valence-electron chi connectivity index (χ2n) is 3.70. The molecule has 0 spiro atoms. The maximum atomic E-state index is 12.0. The first-order valence-corrected chi connectivity index (χ1v) is 6.13. The van der Waals surface area contributed by atoms with Gasteiger partial charge in [-0.25, -0.2) is 0 Å². The summed E-state index contributed by atoms with van der Waals surface area (Å²) in [6.45, 7) is 0. The van der Waals surface area contributed by atoms with Crippen molar-refractivity contribution in [2.24, 2.45) is 7.05 Å². The SMILES string of the molecule is Cn1cc(N)cc1C(=O)Nc1ccccc1I. The van der Waals surface area contributed by atoms with Gasteiger partial charge in [-0.15, -0.1) is 0 Å².